The van der Waals surface area contributed by atoms with E-state index in [4.69, 9.17) is 5.26 Å². The van der Waals surface area contributed by atoms with E-state index in [1.54, 1.807) is 6.92 Å². The van der Waals surface area contributed by atoms with Crippen LogP contribution < -0.4 is 5.32 Å². The third-order valence-electron chi connectivity index (χ3n) is 2.94. The van der Waals surface area contributed by atoms with Crippen LogP contribution in [0.2, 0.25) is 0 Å². The summed E-state index contributed by atoms with van der Waals surface area (Å²) in [6.07, 6.45) is -4.25. The van der Waals surface area contributed by atoms with Crippen LogP contribution in [0, 0.1) is 16.7 Å². The number of carbonyl (C=O) groups is 1. The van der Waals surface area contributed by atoms with Crippen LogP contribution in [0.15, 0.2) is 22.7 Å². The summed E-state index contributed by atoms with van der Waals surface area (Å²) in [6, 6.07) is 4.95. The van der Waals surface area contributed by atoms with Crippen LogP contribution in [0.3, 0.4) is 0 Å². The topological polar surface area (TPSA) is 52.9 Å². The lowest BCUT2D eigenvalue weighted by Crippen LogP contribution is -2.31. The number of anilines is 1. The highest BCUT2D eigenvalue weighted by Gasteiger charge is 2.33. The molecule has 0 saturated carbocycles. The zero-order valence-corrected chi connectivity index (χ0v) is 12.4. The van der Waals surface area contributed by atoms with Crippen LogP contribution in [0.25, 0.3) is 0 Å². The van der Waals surface area contributed by atoms with E-state index < -0.39 is 23.1 Å². The number of halogens is 4. The lowest BCUT2D eigenvalue weighted by atomic mass is 9.88. The standard InChI is InChI=1S/C13H12BrF3N2O/c1-3-12(2,7-18)11(20)19-10-5-8(13(15,16)17)4-9(14)6-10/h4-6H,3H2,1-2H3,(H,19,20). The molecule has 1 N–H and O–H groups in total. The first-order chi connectivity index (χ1) is 9.12. The maximum Gasteiger partial charge on any atom is 0.416 e. The van der Waals surface area contributed by atoms with Gasteiger partial charge in [-0.3, -0.25) is 4.79 Å². The van der Waals surface area contributed by atoms with E-state index in [9.17, 15) is 18.0 Å². The molecule has 0 spiro atoms. The molecule has 108 valence electrons. The summed E-state index contributed by atoms with van der Waals surface area (Å²) < 4.78 is 38.2. The molecule has 0 bridgehead atoms. The molecule has 0 aliphatic rings. The highest BCUT2D eigenvalue weighted by atomic mass is 79.9. The fraction of sp³-hybridized carbons (Fsp3) is 0.385. The van der Waals surface area contributed by atoms with E-state index in [1.807, 2.05) is 6.07 Å². The fourth-order valence-corrected chi connectivity index (χ4v) is 1.88. The molecule has 7 heteroatoms. The predicted molar refractivity (Wildman–Crippen MR) is 71.8 cm³/mol. The first kappa shape index (κ1) is 16.5. The van der Waals surface area contributed by atoms with Crippen molar-refractivity contribution in [2.45, 2.75) is 26.4 Å². The fourth-order valence-electron chi connectivity index (χ4n) is 1.38. The maximum atomic E-state index is 12.7. The van der Waals surface area contributed by atoms with Gasteiger partial charge in [-0.05, 0) is 31.5 Å². The smallest absolute Gasteiger partial charge is 0.325 e. The Bertz CT molecular complexity index is 566. The molecule has 3 nitrogen and oxygen atoms in total. The van der Waals surface area contributed by atoms with E-state index in [-0.39, 0.29) is 16.6 Å². The summed E-state index contributed by atoms with van der Waals surface area (Å²) in [4.78, 5) is 11.9. The molecule has 1 aromatic carbocycles. The Morgan fingerprint density at radius 1 is 1.40 bits per heavy atom. The molecule has 0 aromatic heterocycles. The largest absolute Gasteiger partial charge is 0.416 e. The summed E-state index contributed by atoms with van der Waals surface area (Å²) >= 11 is 2.96. The number of nitrogens with one attached hydrogen (secondary N) is 1. The molecule has 0 fully saturated rings. The van der Waals surface area contributed by atoms with Crippen molar-refractivity contribution >= 4 is 27.5 Å². The molecular formula is C13H12BrF3N2O. The Balaban J connectivity index is 3.09. The predicted octanol–water partition coefficient (Wildman–Crippen LogP) is 4.35. The molecule has 1 amide bonds. The summed E-state index contributed by atoms with van der Waals surface area (Å²) in [7, 11) is 0. The van der Waals surface area contributed by atoms with Gasteiger partial charge < -0.3 is 5.32 Å². The minimum absolute atomic E-state index is 0.00775. The molecule has 1 atom stereocenters. The SMILES string of the molecule is CCC(C)(C#N)C(=O)Nc1cc(Br)cc(C(F)(F)F)c1. The van der Waals surface area contributed by atoms with Crippen LogP contribution in [-0.4, -0.2) is 5.91 Å². The highest BCUT2D eigenvalue weighted by molar-refractivity contribution is 9.10. The van der Waals surface area contributed by atoms with Gasteiger partial charge in [0, 0.05) is 10.2 Å². The highest BCUT2D eigenvalue weighted by Crippen LogP contribution is 2.34. The second-order valence-electron chi connectivity index (χ2n) is 4.48. The minimum atomic E-state index is -4.51. The second-order valence-corrected chi connectivity index (χ2v) is 5.39. The number of rotatable bonds is 3. The molecule has 1 rings (SSSR count). The number of benzene rings is 1. The van der Waals surface area contributed by atoms with E-state index >= 15 is 0 Å². The van der Waals surface area contributed by atoms with Crippen LogP contribution in [0.1, 0.15) is 25.8 Å². The van der Waals surface area contributed by atoms with E-state index in [0.29, 0.717) is 0 Å². The van der Waals surface area contributed by atoms with E-state index in [2.05, 4.69) is 21.2 Å². The molecule has 0 heterocycles. The molecule has 0 aliphatic heterocycles. The summed E-state index contributed by atoms with van der Waals surface area (Å²) in [5, 5.41) is 11.3. The van der Waals surface area contributed by atoms with E-state index in [0.717, 1.165) is 12.1 Å². The lowest BCUT2D eigenvalue weighted by molar-refractivity contribution is -0.137. The number of hydrogen-bond acceptors (Lipinski definition) is 2. The van der Waals surface area contributed by atoms with Crippen molar-refractivity contribution in [3.8, 4) is 6.07 Å². The average molecular weight is 349 g/mol. The lowest BCUT2D eigenvalue weighted by Gasteiger charge is -2.19. The van der Waals surface area contributed by atoms with Gasteiger partial charge in [-0.25, -0.2) is 0 Å². The summed E-state index contributed by atoms with van der Waals surface area (Å²) in [5.41, 5.74) is -2.16. The van der Waals surface area contributed by atoms with Crippen molar-refractivity contribution in [3.63, 3.8) is 0 Å². The zero-order valence-electron chi connectivity index (χ0n) is 10.8. The Labute approximate surface area is 122 Å². The van der Waals surface area contributed by atoms with Gasteiger partial charge in [-0.2, -0.15) is 18.4 Å². The number of carbonyl (C=O) groups excluding carboxylic acids is 1. The van der Waals surface area contributed by atoms with Crippen molar-refractivity contribution < 1.29 is 18.0 Å². The van der Waals surface area contributed by atoms with Crippen LogP contribution in [0.4, 0.5) is 18.9 Å². The van der Waals surface area contributed by atoms with Crippen LogP contribution in [-0.2, 0) is 11.0 Å². The van der Waals surface area contributed by atoms with Crippen molar-refractivity contribution in [1.82, 2.24) is 0 Å². The quantitative estimate of drug-likeness (QED) is 0.882. The summed E-state index contributed by atoms with van der Waals surface area (Å²) in [5.74, 6) is -0.631. The zero-order chi connectivity index (χ0) is 15.6. The van der Waals surface area contributed by atoms with Gasteiger partial charge in [0.2, 0.25) is 5.91 Å². The third-order valence-corrected chi connectivity index (χ3v) is 3.40. The second kappa shape index (κ2) is 5.83. The third kappa shape index (κ3) is 3.73. The molecule has 0 saturated heterocycles. The Morgan fingerprint density at radius 2 is 2.00 bits per heavy atom. The molecule has 20 heavy (non-hydrogen) atoms. The molecular weight excluding hydrogens is 337 g/mol. The number of alkyl halides is 3. The molecule has 0 radical (unpaired) electrons. The monoisotopic (exact) mass is 348 g/mol. The Morgan fingerprint density at radius 3 is 2.45 bits per heavy atom. The van der Waals surface area contributed by atoms with Crippen LogP contribution in [0.5, 0.6) is 0 Å². The van der Waals surface area contributed by atoms with Crippen molar-refractivity contribution in [1.29, 1.82) is 5.26 Å². The molecule has 1 unspecified atom stereocenters. The summed E-state index contributed by atoms with van der Waals surface area (Å²) in [6.45, 7) is 3.09. The number of nitrogens with zero attached hydrogens (tertiary/aromatic N) is 1. The number of nitriles is 1. The normalized spacial score (nSPS) is 14.2. The first-order valence-corrected chi connectivity index (χ1v) is 6.52. The van der Waals surface area contributed by atoms with Gasteiger partial charge in [0.05, 0.1) is 11.6 Å². The van der Waals surface area contributed by atoms with Crippen LogP contribution >= 0.6 is 15.9 Å². The maximum absolute atomic E-state index is 12.7. The van der Waals surface area contributed by atoms with E-state index in [1.165, 1.54) is 13.0 Å². The minimum Gasteiger partial charge on any atom is -0.325 e. The van der Waals surface area contributed by atoms with Gasteiger partial charge in [0.15, 0.2) is 0 Å². The first-order valence-electron chi connectivity index (χ1n) is 5.73. The van der Waals surface area contributed by atoms with Crippen molar-refractivity contribution in [2.24, 2.45) is 5.41 Å². The van der Waals surface area contributed by atoms with Crippen molar-refractivity contribution in [2.75, 3.05) is 5.32 Å². The number of hydrogen-bond donors (Lipinski definition) is 1. The van der Waals surface area contributed by atoms with Gasteiger partial charge in [0.25, 0.3) is 0 Å². The Kier molecular flexibility index (Phi) is 4.81. The van der Waals surface area contributed by atoms with Gasteiger partial charge in [-0.1, -0.05) is 22.9 Å². The molecule has 1 aromatic rings. The van der Waals surface area contributed by atoms with Gasteiger partial charge >= 0.3 is 6.18 Å². The van der Waals surface area contributed by atoms with Crippen molar-refractivity contribution in [3.05, 3.63) is 28.2 Å². The molecule has 0 aliphatic carbocycles. The van der Waals surface area contributed by atoms with Gasteiger partial charge in [-0.15, -0.1) is 0 Å². The number of amides is 1. The average Bonchev–Trinajstić information content (AvgIpc) is 2.36. The van der Waals surface area contributed by atoms with Gasteiger partial charge in [0.1, 0.15) is 5.41 Å². The Hall–Kier alpha value is -1.55.